The summed E-state index contributed by atoms with van der Waals surface area (Å²) in [5.74, 6) is -5.75. The largest absolute Gasteiger partial charge is 0.355 e. The predicted octanol–water partition coefficient (Wildman–Crippen LogP) is 1.25. The van der Waals surface area contributed by atoms with E-state index in [9.17, 15) is 26.4 Å². The van der Waals surface area contributed by atoms with Gasteiger partial charge in [0.15, 0.2) is 17.5 Å². The highest BCUT2D eigenvalue weighted by atomic mass is 32.2. The van der Waals surface area contributed by atoms with E-state index >= 15 is 0 Å². The third-order valence-electron chi connectivity index (χ3n) is 2.63. The fourth-order valence-electron chi connectivity index (χ4n) is 1.48. The van der Waals surface area contributed by atoms with Crippen molar-refractivity contribution in [3.05, 3.63) is 29.6 Å². The normalized spacial score (nSPS) is 11.7. The van der Waals surface area contributed by atoms with Crippen LogP contribution in [0, 0.1) is 17.5 Å². The van der Waals surface area contributed by atoms with Crippen molar-refractivity contribution in [1.29, 1.82) is 0 Å². The van der Waals surface area contributed by atoms with Crippen molar-refractivity contribution in [2.75, 3.05) is 20.1 Å². The smallest absolute Gasteiger partial charge is 0.246 e. The summed E-state index contributed by atoms with van der Waals surface area (Å²) in [5, 5.41) is 2.45. The van der Waals surface area contributed by atoms with Crippen molar-refractivity contribution in [2.24, 2.45) is 0 Å². The van der Waals surface area contributed by atoms with Crippen LogP contribution in [0.2, 0.25) is 0 Å². The molecule has 0 fully saturated rings. The lowest BCUT2D eigenvalue weighted by Crippen LogP contribution is -2.38. The molecule has 21 heavy (non-hydrogen) atoms. The summed E-state index contributed by atoms with van der Waals surface area (Å²) >= 11 is 0. The third kappa shape index (κ3) is 3.94. The molecule has 1 N–H and O–H groups in total. The molecule has 0 saturated carbocycles. The van der Waals surface area contributed by atoms with Crippen LogP contribution >= 0.6 is 0 Å². The molecule has 0 aliphatic rings. The molecule has 0 radical (unpaired) electrons. The Bertz CT molecular complexity index is 635. The molecule has 0 aromatic heterocycles. The average Bonchev–Trinajstić information content (AvgIpc) is 2.42. The summed E-state index contributed by atoms with van der Waals surface area (Å²) < 4.78 is 64.1. The van der Waals surface area contributed by atoms with Crippen LogP contribution in [0.5, 0.6) is 0 Å². The van der Waals surface area contributed by atoms with E-state index in [0.717, 1.165) is 7.05 Å². The molecule has 1 rings (SSSR count). The highest BCUT2D eigenvalue weighted by Gasteiger charge is 2.28. The van der Waals surface area contributed by atoms with Crippen LogP contribution in [0.15, 0.2) is 17.0 Å². The maximum absolute atomic E-state index is 13.5. The first-order chi connectivity index (χ1) is 9.71. The van der Waals surface area contributed by atoms with E-state index in [1.54, 1.807) is 0 Å². The maximum Gasteiger partial charge on any atom is 0.246 e. The summed E-state index contributed by atoms with van der Waals surface area (Å²) in [6.07, 6.45) is 0.667. The molecule has 0 aliphatic heterocycles. The zero-order valence-corrected chi connectivity index (χ0v) is 12.3. The quantitative estimate of drug-likeness (QED) is 0.801. The van der Waals surface area contributed by atoms with Gasteiger partial charge in [-0.05, 0) is 18.6 Å². The fourth-order valence-corrected chi connectivity index (χ4v) is 2.66. The van der Waals surface area contributed by atoms with E-state index < -0.39 is 44.8 Å². The Morgan fingerprint density at radius 1 is 1.24 bits per heavy atom. The highest BCUT2D eigenvalue weighted by molar-refractivity contribution is 7.89. The lowest BCUT2D eigenvalue weighted by atomic mass is 10.3. The van der Waals surface area contributed by atoms with Gasteiger partial charge in [-0.2, -0.15) is 4.31 Å². The van der Waals surface area contributed by atoms with Gasteiger partial charge in [0.2, 0.25) is 15.9 Å². The second-order valence-corrected chi connectivity index (χ2v) is 6.30. The van der Waals surface area contributed by atoms with Gasteiger partial charge in [-0.3, -0.25) is 4.79 Å². The summed E-state index contributed by atoms with van der Waals surface area (Å²) in [5.41, 5.74) is 0. The van der Waals surface area contributed by atoms with Gasteiger partial charge in [0.05, 0.1) is 6.54 Å². The fraction of sp³-hybridized carbons (Fsp3) is 0.417. The first kappa shape index (κ1) is 17.4. The van der Waals surface area contributed by atoms with Crippen LogP contribution in [-0.4, -0.2) is 38.8 Å². The number of sulfonamides is 1. The topological polar surface area (TPSA) is 66.5 Å². The van der Waals surface area contributed by atoms with Gasteiger partial charge in [-0.25, -0.2) is 21.6 Å². The molecule has 0 aliphatic carbocycles. The minimum atomic E-state index is -4.44. The van der Waals surface area contributed by atoms with Gasteiger partial charge in [0.1, 0.15) is 4.90 Å². The molecular formula is C12H15F3N2O3S. The molecule has 118 valence electrons. The van der Waals surface area contributed by atoms with E-state index in [-0.39, 0.29) is 0 Å². The Hall–Kier alpha value is -1.61. The van der Waals surface area contributed by atoms with Gasteiger partial charge in [-0.1, -0.05) is 6.92 Å². The number of halogens is 3. The molecule has 0 atom stereocenters. The number of benzene rings is 1. The molecule has 0 saturated heterocycles. The number of nitrogens with one attached hydrogen (secondary N) is 1. The van der Waals surface area contributed by atoms with Crippen LogP contribution in [0.3, 0.4) is 0 Å². The second kappa shape index (κ2) is 6.90. The molecule has 1 amide bonds. The minimum absolute atomic E-state index is 0.367. The van der Waals surface area contributed by atoms with Crippen molar-refractivity contribution in [2.45, 2.75) is 18.2 Å². The molecule has 0 unspecified atom stereocenters. The Balaban J connectivity index is 3.01. The van der Waals surface area contributed by atoms with Gasteiger partial charge in [0.25, 0.3) is 0 Å². The molecule has 0 heterocycles. The minimum Gasteiger partial charge on any atom is -0.355 e. The van der Waals surface area contributed by atoms with Gasteiger partial charge in [0, 0.05) is 13.6 Å². The van der Waals surface area contributed by atoms with Gasteiger partial charge >= 0.3 is 0 Å². The van der Waals surface area contributed by atoms with Crippen LogP contribution in [0.1, 0.15) is 13.3 Å². The molecule has 1 aromatic rings. The van der Waals surface area contributed by atoms with Crippen LogP contribution in [-0.2, 0) is 14.8 Å². The van der Waals surface area contributed by atoms with E-state index in [1.807, 2.05) is 6.92 Å². The van der Waals surface area contributed by atoms with Crippen molar-refractivity contribution in [3.63, 3.8) is 0 Å². The van der Waals surface area contributed by atoms with Crippen LogP contribution < -0.4 is 5.32 Å². The van der Waals surface area contributed by atoms with E-state index in [4.69, 9.17) is 0 Å². The number of likely N-dealkylation sites (N-methyl/N-ethyl adjacent to an activating group) is 1. The molecule has 9 heteroatoms. The number of carbonyl (C=O) groups is 1. The summed E-state index contributed by atoms with van der Waals surface area (Å²) in [6, 6.07) is 1.12. The average molecular weight is 324 g/mol. The first-order valence-corrected chi connectivity index (χ1v) is 7.52. The SMILES string of the molecule is CCCNC(=O)CN(C)S(=O)(=O)c1ccc(F)c(F)c1F. The molecule has 5 nitrogen and oxygen atoms in total. The number of carbonyl (C=O) groups excluding carboxylic acids is 1. The molecule has 0 bridgehead atoms. The van der Waals surface area contributed by atoms with Crippen LogP contribution in [0.4, 0.5) is 13.2 Å². The Labute approximate surface area is 120 Å². The first-order valence-electron chi connectivity index (χ1n) is 6.08. The van der Waals surface area contributed by atoms with Crippen molar-refractivity contribution < 1.29 is 26.4 Å². The maximum atomic E-state index is 13.5. The lowest BCUT2D eigenvalue weighted by Gasteiger charge is -2.17. The lowest BCUT2D eigenvalue weighted by molar-refractivity contribution is -0.121. The predicted molar refractivity (Wildman–Crippen MR) is 69.4 cm³/mol. The van der Waals surface area contributed by atoms with E-state index in [2.05, 4.69) is 5.32 Å². The summed E-state index contributed by atoms with van der Waals surface area (Å²) in [4.78, 5) is 10.4. The van der Waals surface area contributed by atoms with Gasteiger partial charge in [-0.15, -0.1) is 0 Å². The van der Waals surface area contributed by atoms with Crippen LogP contribution in [0.25, 0.3) is 0 Å². The zero-order valence-electron chi connectivity index (χ0n) is 11.5. The Kier molecular flexibility index (Phi) is 5.73. The molecule has 0 spiro atoms. The number of hydrogen-bond acceptors (Lipinski definition) is 3. The number of rotatable bonds is 6. The Morgan fingerprint density at radius 3 is 2.43 bits per heavy atom. The van der Waals surface area contributed by atoms with Crippen molar-refractivity contribution >= 4 is 15.9 Å². The molecule has 1 aromatic carbocycles. The zero-order chi connectivity index (χ0) is 16.2. The summed E-state index contributed by atoms with van der Waals surface area (Å²) in [6.45, 7) is 1.63. The standard InChI is InChI=1S/C12H15F3N2O3S/c1-3-6-16-10(18)7-17(2)21(19,20)9-5-4-8(13)11(14)12(9)15/h4-5H,3,6-7H2,1-2H3,(H,16,18). The van der Waals surface area contributed by atoms with E-state index in [1.165, 1.54) is 0 Å². The number of hydrogen-bond donors (Lipinski definition) is 1. The second-order valence-electron chi connectivity index (χ2n) is 4.28. The van der Waals surface area contributed by atoms with E-state index in [0.29, 0.717) is 29.4 Å². The summed E-state index contributed by atoms with van der Waals surface area (Å²) in [7, 11) is -3.39. The van der Waals surface area contributed by atoms with Crippen molar-refractivity contribution in [1.82, 2.24) is 9.62 Å². The highest BCUT2D eigenvalue weighted by Crippen LogP contribution is 2.22. The monoisotopic (exact) mass is 324 g/mol. The number of nitrogens with zero attached hydrogens (tertiary/aromatic N) is 1. The molecular weight excluding hydrogens is 309 g/mol. The van der Waals surface area contributed by atoms with Gasteiger partial charge < -0.3 is 5.32 Å². The van der Waals surface area contributed by atoms with Crippen molar-refractivity contribution in [3.8, 4) is 0 Å². The Morgan fingerprint density at radius 2 is 1.86 bits per heavy atom. The number of amides is 1. The third-order valence-corrected chi connectivity index (χ3v) is 4.45.